The standard InChI is InChI=1S/C14H20N2O3/c1-14(2,3)19-13(17)16-7-8-18-12(10-16)11-5-4-6-15-9-11/h4-6,9,12H,7-8,10H2,1-3H3. The molecule has 5 nitrogen and oxygen atoms in total. The van der Waals surface area contributed by atoms with E-state index in [1.54, 1.807) is 17.3 Å². The van der Waals surface area contributed by atoms with Gasteiger partial charge in [-0.1, -0.05) is 6.07 Å². The van der Waals surface area contributed by atoms with E-state index >= 15 is 0 Å². The lowest BCUT2D eigenvalue weighted by molar-refractivity contribution is -0.0433. The van der Waals surface area contributed by atoms with Crippen molar-refractivity contribution in [3.8, 4) is 0 Å². The number of carbonyl (C=O) groups is 1. The van der Waals surface area contributed by atoms with E-state index in [1.807, 2.05) is 32.9 Å². The van der Waals surface area contributed by atoms with Crippen LogP contribution in [0.15, 0.2) is 24.5 Å². The molecule has 2 rings (SSSR count). The van der Waals surface area contributed by atoms with Gasteiger partial charge in [0, 0.05) is 24.5 Å². The van der Waals surface area contributed by atoms with E-state index < -0.39 is 5.60 Å². The summed E-state index contributed by atoms with van der Waals surface area (Å²) in [7, 11) is 0. The van der Waals surface area contributed by atoms with Crippen LogP contribution in [-0.4, -0.2) is 41.3 Å². The molecule has 1 saturated heterocycles. The van der Waals surface area contributed by atoms with Gasteiger partial charge >= 0.3 is 6.09 Å². The molecule has 19 heavy (non-hydrogen) atoms. The van der Waals surface area contributed by atoms with Crippen molar-refractivity contribution in [1.82, 2.24) is 9.88 Å². The quantitative estimate of drug-likeness (QED) is 0.781. The van der Waals surface area contributed by atoms with Gasteiger partial charge in [0.05, 0.1) is 13.2 Å². The normalized spacial score (nSPS) is 20.2. The highest BCUT2D eigenvalue weighted by atomic mass is 16.6. The molecule has 1 fully saturated rings. The number of hydrogen-bond acceptors (Lipinski definition) is 4. The van der Waals surface area contributed by atoms with Gasteiger partial charge in [0.15, 0.2) is 0 Å². The minimum absolute atomic E-state index is 0.130. The van der Waals surface area contributed by atoms with Gasteiger partial charge in [-0.15, -0.1) is 0 Å². The Morgan fingerprint density at radius 1 is 1.53 bits per heavy atom. The van der Waals surface area contributed by atoms with Crippen molar-refractivity contribution in [1.29, 1.82) is 0 Å². The first kappa shape index (κ1) is 13.8. The molecule has 1 atom stereocenters. The Morgan fingerprint density at radius 3 is 2.95 bits per heavy atom. The lowest BCUT2D eigenvalue weighted by Crippen LogP contribution is -2.44. The Morgan fingerprint density at radius 2 is 2.32 bits per heavy atom. The molecule has 0 spiro atoms. The molecule has 104 valence electrons. The highest BCUT2D eigenvalue weighted by Crippen LogP contribution is 2.22. The van der Waals surface area contributed by atoms with Crippen LogP contribution in [0, 0.1) is 0 Å². The number of ether oxygens (including phenoxy) is 2. The van der Waals surface area contributed by atoms with E-state index in [9.17, 15) is 4.79 Å². The average Bonchev–Trinajstić information content (AvgIpc) is 2.38. The van der Waals surface area contributed by atoms with Gasteiger partial charge in [0.2, 0.25) is 0 Å². The second-order valence-electron chi connectivity index (χ2n) is 5.57. The van der Waals surface area contributed by atoms with E-state index in [-0.39, 0.29) is 12.2 Å². The Hall–Kier alpha value is -1.62. The third-order valence-corrected chi connectivity index (χ3v) is 2.77. The van der Waals surface area contributed by atoms with E-state index in [0.29, 0.717) is 19.7 Å². The maximum Gasteiger partial charge on any atom is 0.410 e. The number of pyridine rings is 1. The number of amides is 1. The van der Waals surface area contributed by atoms with Crippen LogP contribution in [0.4, 0.5) is 4.79 Å². The molecule has 1 aromatic heterocycles. The lowest BCUT2D eigenvalue weighted by atomic mass is 10.1. The predicted octanol–water partition coefficient (Wildman–Crippen LogP) is 2.39. The first-order chi connectivity index (χ1) is 8.96. The zero-order chi connectivity index (χ0) is 13.9. The van der Waals surface area contributed by atoms with Crippen molar-refractivity contribution in [2.45, 2.75) is 32.5 Å². The van der Waals surface area contributed by atoms with Gasteiger partial charge in [0.25, 0.3) is 0 Å². The fraction of sp³-hybridized carbons (Fsp3) is 0.571. The zero-order valence-corrected chi connectivity index (χ0v) is 11.6. The molecular weight excluding hydrogens is 244 g/mol. The third kappa shape index (κ3) is 3.92. The van der Waals surface area contributed by atoms with Crippen molar-refractivity contribution in [2.75, 3.05) is 19.7 Å². The van der Waals surface area contributed by atoms with E-state index in [0.717, 1.165) is 5.56 Å². The molecule has 1 aliphatic rings. The summed E-state index contributed by atoms with van der Waals surface area (Å²) in [6.07, 6.45) is 3.07. The molecular formula is C14H20N2O3. The van der Waals surface area contributed by atoms with Gasteiger partial charge in [-0.3, -0.25) is 4.98 Å². The molecule has 5 heteroatoms. The maximum absolute atomic E-state index is 12.0. The van der Waals surface area contributed by atoms with Gasteiger partial charge in [-0.25, -0.2) is 4.79 Å². The number of morpholine rings is 1. The van der Waals surface area contributed by atoms with Gasteiger partial charge in [-0.05, 0) is 26.8 Å². The fourth-order valence-corrected chi connectivity index (χ4v) is 1.91. The summed E-state index contributed by atoms with van der Waals surface area (Å²) in [5.41, 5.74) is 0.509. The van der Waals surface area contributed by atoms with Gasteiger partial charge in [0.1, 0.15) is 11.7 Å². The van der Waals surface area contributed by atoms with Crippen LogP contribution in [0.3, 0.4) is 0 Å². The number of carbonyl (C=O) groups excluding carboxylic acids is 1. The van der Waals surface area contributed by atoms with Crippen LogP contribution < -0.4 is 0 Å². The third-order valence-electron chi connectivity index (χ3n) is 2.77. The molecule has 2 heterocycles. The second-order valence-corrected chi connectivity index (χ2v) is 5.57. The maximum atomic E-state index is 12.0. The van der Waals surface area contributed by atoms with Crippen LogP contribution >= 0.6 is 0 Å². The largest absolute Gasteiger partial charge is 0.444 e. The van der Waals surface area contributed by atoms with Gasteiger partial charge in [-0.2, -0.15) is 0 Å². The Labute approximate surface area is 113 Å². The molecule has 1 aliphatic heterocycles. The summed E-state index contributed by atoms with van der Waals surface area (Å²) in [6, 6.07) is 3.82. The number of hydrogen-bond donors (Lipinski definition) is 0. The van der Waals surface area contributed by atoms with Crippen molar-refractivity contribution < 1.29 is 14.3 Å². The molecule has 0 radical (unpaired) electrons. The SMILES string of the molecule is CC(C)(C)OC(=O)N1CCOC(c2cccnc2)C1. The Balaban J connectivity index is 2.00. The summed E-state index contributed by atoms with van der Waals surface area (Å²) < 4.78 is 11.1. The van der Waals surface area contributed by atoms with E-state index in [4.69, 9.17) is 9.47 Å². The topological polar surface area (TPSA) is 51.7 Å². The van der Waals surface area contributed by atoms with E-state index in [1.165, 1.54) is 0 Å². The smallest absolute Gasteiger partial charge is 0.410 e. The van der Waals surface area contributed by atoms with Crippen LogP contribution in [-0.2, 0) is 9.47 Å². The summed E-state index contributed by atoms with van der Waals surface area (Å²) in [5.74, 6) is 0. The van der Waals surface area contributed by atoms with E-state index in [2.05, 4.69) is 4.98 Å². The minimum atomic E-state index is -0.473. The van der Waals surface area contributed by atoms with Gasteiger partial charge < -0.3 is 14.4 Å². The average molecular weight is 264 g/mol. The Kier molecular flexibility index (Phi) is 4.04. The number of nitrogens with zero attached hydrogens (tertiary/aromatic N) is 2. The molecule has 1 aromatic rings. The summed E-state index contributed by atoms with van der Waals surface area (Å²) in [6.45, 7) is 7.17. The molecule has 0 aliphatic carbocycles. The van der Waals surface area contributed by atoms with Crippen molar-refractivity contribution >= 4 is 6.09 Å². The van der Waals surface area contributed by atoms with Crippen molar-refractivity contribution in [3.05, 3.63) is 30.1 Å². The monoisotopic (exact) mass is 264 g/mol. The summed E-state index contributed by atoms with van der Waals surface area (Å²) in [5, 5.41) is 0. The van der Waals surface area contributed by atoms with Crippen LogP contribution in [0.1, 0.15) is 32.4 Å². The number of aromatic nitrogens is 1. The first-order valence-electron chi connectivity index (χ1n) is 6.45. The highest BCUT2D eigenvalue weighted by Gasteiger charge is 2.28. The van der Waals surface area contributed by atoms with Crippen molar-refractivity contribution in [3.63, 3.8) is 0 Å². The molecule has 0 bridgehead atoms. The number of rotatable bonds is 1. The molecule has 0 aromatic carbocycles. The molecule has 0 saturated carbocycles. The van der Waals surface area contributed by atoms with Crippen LogP contribution in [0.5, 0.6) is 0 Å². The fourth-order valence-electron chi connectivity index (χ4n) is 1.91. The molecule has 0 N–H and O–H groups in total. The lowest BCUT2D eigenvalue weighted by Gasteiger charge is -2.34. The van der Waals surface area contributed by atoms with Crippen LogP contribution in [0.25, 0.3) is 0 Å². The predicted molar refractivity (Wildman–Crippen MR) is 70.7 cm³/mol. The summed E-state index contributed by atoms with van der Waals surface area (Å²) >= 11 is 0. The molecule has 1 unspecified atom stereocenters. The van der Waals surface area contributed by atoms with Crippen LogP contribution in [0.2, 0.25) is 0 Å². The molecule has 1 amide bonds. The summed E-state index contributed by atoms with van der Waals surface area (Å²) in [4.78, 5) is 17.8. The van der Waals surface area contributed by atoms with Crippen molar-refractivity contribution in [2.24, 2.45) is 0 Å². The highest BCUT2D eigenvalue weighted by molar-refractivity contribution is 5.68. The first-order valence-corrected chi connectivity index (χ1v) is 6.45. The Bertz CT molecular complexity index is 428. The second kappa shape index (κ2) is 5.57. The zero-order valence-electron chi connectivity index (χ0n) is 11.6. The minimum Gasteiger partial charge on any atom is -0.444 e.